The molecule has 1 amide bonds. The van der Waals surface area contributed by atoms with E-state index in [-0.39, 0.29) is 19.1 Å². The van der Waals surface area contributed by atoms with E-state index in [9.17, 15) is 9.90 Å². The van der Waals surface area contributed by atoms with E-state index >= 15 is 0 Å². The van der Waals surface area contributed by atoms with Crippen molar-refractivity contribution < 1.29 is 19.1 Å². The first kappa shape index (κ1) is 17.2. The summed E-state index contributed by atoms with van der Waals surface area (Å²) in [5, 5.41) is 12.7. The van der Waals surface area contributed by atoms with Gasteiger partial charge in [-0.2, -0.15) is 0 Å². The zero-order valence-electron chi connectivity index (χ0n) is 13.1. The summed E-state index contributed by atoms with van der Waals surface area (Å²) in [6.45, 7) is 1.05. The summed E-state index contributed by atoms with van der Waals surface area (Å²) in [4.78, 5) is 13.6. The van der Waals surface area contributed by atoms with E-state index in [2.05, 4.69) is 5.32 Å². The zero-order chi connectivity index (χ0) is 16.5. The van der Waals surface area contributed by atoms with Gasteiger partial charge in [-0.05, 0) is 31.3 Å². The van der Waals surface area contributed by atoms with Crippen LogP contribution in [0.15, 0.2) is 53.1 Å². The Balaban J connectivity index is 1.63. The molecule has 23 heavy (non-hydrogen) atoms. The van der Waals surface area contributed by atoms with Gasteiger partial charge < -0.3 is 19.6 Å². The highest BCUT2D eigenvalue weighted by atomic mass is 16.5. The molecule has 1 aromatic carbocycles. The lowest BCUT2D eigenvalue weighted by Crippen LogP contribution is -2.37. The minimum atomic E-state index is -0.667. The van der Waals surface area contributed by atoms with Crippen LogP contribution in [0.3, 0.4) is 0 Å². The quantitative estimate of drug-likeness (QED) is 0.736. The molecule has 1 aromatic heterocycles. The fourth-order valence-corrected chi connectivity index (χ4v) is 2.13. The monoisotopic (exact) mass is 318 g/mol. The highest BCUT2D eigenvalue weighted by molar-refractivity contribution is 5.92. The Morgan fingerprint density at radius 3 is 2.78 bits per heavy atom. The lowest BCUT2D eigenvalue weighted by Gasteiger charge is -2.20. The first-order chi connectivity index (χ1) is 11.1. The molecule has 0 aliphatic heterocycles. The summed E-state index contributed by atoms with van der Waals surface area (Å²) >= 11 is 0. The topological polar surface area (TPSA) is 74.9 Å². The lowest BCUT2D eigenvalue weighted by atomic mass is 10.3. The van der Waals surface area contributed by atoms with Gasteiger partial charge in [-0.15, -0.1) is 0 Å². The van der Waals surface area contributed by atoms with E-state index in [1.165, 1.54) is 0 Å². The van der Waals surface area contributed by atoms with Gasteiger partial charge in [0.2, 0.25) is 5.91 Å². The Hall–Kier alpha value is -2.15. The highest BCUT2D eigenvalue weighted by Crippen LogP contribution is 2.05. The third-order valence-corrected chi connectivity index (χ3v) is 3.13. The first-order valence-corrected chi connectivity index (χ1v) is 7.45. The molecule has 0 fully saturated rings. The third kappa shape index (κ3) is 6.65. The normalized spacial score (nSPS) is 12.3. The van der Waals surface area contributed by atoms with Gasteiger partial charge in [-0.25, -0.2) is 0 Å². The van der Waals surface area contributed by atoms with E-state index in [1.807, 2.05) is 36.4 Å². The van der Waals surface area contributed by atoms with E-state index in [0.717, 1.165) is 5.69 Å². The Morgan fingerprint density at radius 2 is 2.09 bits per heavy atom. The van der Waals surface area contributed by atoms with Gasteiger partial charge in [-0.3, -0.25) is 9.69 Å². The number of hydrogen-bond donors (Lipinski definition) is 2. The highest BCUT2D eigenvalue weighted by Gasteiger charge is 2.12. The van der Waals surface area contributed by atoms with Crippen molar-refractivity contribution in [3.63, 3.8) is 0 Å². The van der Waals surface area contributed by atoms with Crippen LogP contribution in [0.5, 0.6) is 0 Å². The van der Waals surface area contributed by atoms with Crippen LogP contribution < -0.4 is 5.32 Å². The van der Waals surface area contributed by atoms with Crippen LogP contribution in [0.25, 0.3) is 0 Å². The first-order valence-electron chi connectivity index (χ1n) is 7.45. The van der Waals surface area contributed by atoms with Crippen molar-refractivity contribution in [1.82, 2.24) is 4.90 Å². The molecule has 2 N–H and O–H groups in total. The molecule has 0 saturated carbocycles. The van der Waals surface area contributed by atoms with Crippen LogP contribution in [-0.4, -0.2) is 48.8 Å². The molecule has 2 rings (SSSR count). The predicted molar refractivity (Wildman–Crippen MR) is 86.9 cm³/mol. The van der Waals surface area contributed by atoms with Gasteiger partial charge >= 0.3 is 0 Å². The number of furan rings is 1. The number of nitrogens with zero attached hydrogens (tertiary/aromatic N) is 1. The van der Waals surface area contributed by atoms with Crippen molar-refractivity contribution in [3.8, 4) is 0 Å². The fraction of sp³-hybridized carbons (Fsp3) is 0.353. The zero-order valence-corrected chi connectivity index (χ0v) is 13.1. The second kappa shape index (κ2) is 9.09. The second-order valence-corrected chi connectivity index (χ2v) is 5.36. The molecule has 1 atom stereocenters. The summed E-state index contributed by atoms with van der Waals surface area (Å²) in [6, 6.07) is 12.9. The summed E-state index contributed by atoms with van der Waals surface area (Å²) in [7, 11) is 1.78. The van der Waals surface area contributed by atoms with E-state index in [1.54, 1.807) is 24.3 Å². The summed E-state index contributed by atoms with van der Waals surface area (Å²) in [5.41, 5.74) is 0.758. The number of amides is 1. The SMILES string of the molecule is CN(CC(=O)Nc1ccccc1)CC(O)COCc1ccco1. The molecule has 0 saturated heterocycles. The number of ether oxygens (including phenoxy) is 1. The van der Waals surface area contributed by atoms with Gasteiger partial charge in [0.25, 0.3) is 0 Å². The van der Waals surface area contributed by atoms with Crippen molar-refractivity contribution in [3.05, 3.63) is 54.5 Å². The summed E-state index contributed by atoms with van der Waals surface area (Å²) < 4.78 is 10.5. The molecule has 0 bridgehead atoms. The number of aliphatic hydroxyl groups is 1. The minimum absolute atomic E-state index is 0.123. The number of carbonyl (C=O) groups is 1. The number of para-hydroxylation sites is 1. The summed E-state index contributed by atoms with van der Waals surface area (Å²) in [6.07, 6.45) is 0.910. The number of hydrogen-bond acceptors (Lipinski definition) is 5. The molecule has 6 nitrogen and oxygen atoms in total. The molecular weight excluding hydrogens is 296 g/mol. The van der Waals surface area contributed by atoms with Crippen molar-refractivity contribution in [2.45, 2.75) is 12.7 Å². The maximum atomic E-state index is 11.9. The fourth-order valence-electron chi connectivity index (χ4n) is 2.13. The van der Waals surface area contributed by atoms with Gasteiger partial charge in [0.15, 0.2) is 0 Å². The molecule has 0 radical (unpaired) electrons. The number of aliphatic hydroxyl groups excluding tert-OH is 1. The van der Waals surface area contributed by atoms with E-state index in [4.69, 9.17) is 9.15 Å². The van der Waals surface area contributed by atoms with E-state index < -0.39 is 6.10 Å². The van der Waals surface area contributed by atoms with Crippen LogP contribution in [0.1, 0.15) is 5.76 Å². The molecule has 1 heterocycles. The van der Waals surface area contributed by atoms with Crippen molar-refractivity contribution in [1.29, 1.82) is 0 Å². The molecule has 2 aromatic rings. The lowest BCUT2D eigenvalue weighted by molar-refractivity contribution is -0.117. The Kier molecular flexibility index (Phi) is 6.80. The average Bonchev–Trinajstić information content (AvgIpc) is 3.01. The smallest absolute Gasteiger partial charge is 0.238 e. The summed E-state index contributed by atoms with van der Waals surface area (Å²) in [5.74, 6) is 0.593. The average molecular weight is 318 g/mol. The molecular formula is C17H22N2O4. The standard InChI is InChI=1S/C17H22N2O4/c1-19(11-17(21)18-14-6-3-2-4-7-14)10-15(20)12-22-13-16-8-5-9-23-16/h2-9,15,20H,10-13H2,1H3,(H,18,21). The van der Waals surface area contributed by atoms with Gasteiger partial charge in [0, 0.05) is 12.2 Å². The minimum Gasteiger partial charge on any atom is -0.467 e. The number of rotatable bonds is 9. The third-order valence-electron chi connectivity index (χ3n) is 3.13. The van der Waals surface area contributed by atoms with Crippen LogP contribution in [0.4, 0.5) is 5.69 Å². The van der Waals surface area contributed by atoms with Crippen LogP contribution in [0.2, 0.25) is 0 Å². The Labute approximate surface area is 135 Å². The number of likely N-dealkylation sites (N-methyl/N-ethyl adjacent to an activating group) is 1. The van der Waals surface area contributed by atoms with Crippen molar-refractivity contribution in [2.75, 3.05) is 32.1 Å². The maximum absolute atomic E-state index is 11.9. The van der Waals surface area contributed by atoms with Crippen molar-refractivity contribution >= 4 is 11.6 Å². The van der Waals surface area contributed by atoms with Crippen molar-refractivity contribution in [2.24, 2.45) is 0 Å². The molecule has 0 spiro atoms. The number of benzene rings is 1. The maximum Gasteiger partial charge on any atom is 0.238 e. The predicted octanol–water partition coefficient (Wildman–Crippen LogP) is 1.73. The van der Waals surface area contributed by atoms with Gasteiger partial charge in [0.05, 0.1) is 25.5 Å². The number of anilines is 1. The van der Waals surface area contributed by atoms with Gasteiger partial charge in [-0.1, -0.05) is 18.2 Å². The number of nitrogens with one attached hydrogen (secondary N) is 1. The molecule has 0 aliphatic carbocycles. The van der Waals surface area contributed by atoms with Crippen LogP contribution >= 0.6 is 0 Å². The van der Waals surface area contributed by atoms with Crippen LogP contribution in [0, 0.1) is 0 Å². The Morgan fingerprint density at radius 1 is 1.30 bits per heavy atom. The Bertz CT molecular complexity index is 572. The van der Waals surface area contributed by atoms with E-state index in [0.29, 0.717) is 18.9 Å². The molecule has 124 valence electrons. The largest absolute Gasteiger partial charge is 0.467 e. The molecule has 0 aliphatic rings. The second-order valence-electron chi connectivity index (χ2n) is 5.36. The molecule has 6 heteroatoms. The van der Waals surface area contributed by atoms with Gasteiger partial charge in [0.1, 0.15) is 12.4 Å². The van der Waals surface area contributed by atoms with Crippen LogP contribution in [-0.2, 0) is 16.1 Å². The molecule has 1 unspecified atom stereocenters. The number of carbonyl (C=O) groups excluding carboxylic acids is 1.